The van der Waals surface area contributed by atoms with Crippen LogP contribution in [0.3, 0.4) is 0 Å². The molecule has 2 atom stereocenters. The van der Waals surface area contributed by atoms with Crippen LogP contribution in [0.2, 0.25) is 0 Å². The van der Waals surface area contributed by atoms with Crippen molar-refractivity contribution in [3.8, 4) is 0 Å². The first-order valence-corrected chi connectivity index (χ1v) is 7.44. The van der Waals surface area contributed by atoms with Crippen LogP contribution in [0.4, 0.5) is 0 Å². The summed E-state index contributed by atoms with van der Waals surface area (Å²) in [7, 11) is 0. The van der Waals surface area contributed by atoms with Gasteiger partial charge in [-0.2, -0.15) is 0 Å². The number of rotatable bonds is 4. The van der Waals surface area contributed by atoms with E-state index < -0.39 is 0 Å². The zero-order chi connectivity index (χ0) is 14.0. The second kappa shape index (κ2) is 5.64. The molecule has 2 rings (SSSR count). The molecule has 106 valence electrons. The summed E-state index contributed by atoms with van der Waals surface area (Å²) in [5.74, 6) is 0. The average Bonchev–Trinajstić information content (AvgIpc) is 2.77. The monoisotopic (exact) mass is 261 g/mol. The fourth-order valence-corrected chi connectivity index (χ4v) is 2.93. The molecule has 2 heteroatoms. The molecule has 0 aromatic heterocycles. The van der Waals surface area contributed by atoms with E-state index in [-0.39, 0.29) is 12.1 Å². The van der Waals surface area contributed by atoms with Gasteiger partial charge in [-0.25, -0.2) is 0 Å². The highest BCUT2D eigenvalue weighted by Crippen LogP contribution is 2.33. The van der Waals surface area contributed by atoms with Crippen LogP contribution in [0.15, 0.2) is 24.3 Å². The summed E-state index contributed by atoms with van der Waals surface area (Å²) in [6, 6.07) is 8.58. The molecular formula is C17H27NO. The molecule has 1 aliphatic heterocycles. The van der Waals surface area contributed by atoms with Crippen LogP contribution in [-0.4, -0.2) is 29.1 Å². The van der Waals surface area contributed by atoms with E-state index in [9.17, 15) is 5.11 Å². The van der Waals surface area contributed by atoms with E-state index in [4.69, 9.17) is 0 Å². The lowest BCUT2D eigenvalue weighted by Crippen LogP contribution is -2.36. The van der Waals surface area contributed by atoms with Crippen LogP contribution in [0.25, 0.3) is 0 Å². The number of aliphatic hydroxyl groups excluding tert-OH is 1. The minimum absolute atomic E-state index is 0.189. The number of likely N-dealkylation sites (tertiary alicyclic amines) is 1. The summed E-state index contributed by atoms with van der Waals surface area (Å²) < 4.78 is 0. The minimum Gasteiger partial charge on any atom is -0.387 e. The number of aryl methyl sites for hydroxylation is 1. The third-order valence-corrected chi connectivity index (χ3v) is 4.47. The number of benzene rings is 1. The first-order valence-electron chi connectivity index (χ1n) is 7.44. The predicted octanol–water partition coefficient (Wildman–Crippen LogP) is 3.40. The van der Waals surface area contributed by atoms with E-state index >= 15 is 0 Å². The van der Waals surface area contributed by atoms with E-state index in [1.165, 1.54) is 12.0 Å². The van der Waals surface area contributed by atoms with Crippen LogP contribution in [-0.2, 0) is 6.42 Å². The van der Waals surface area contributed by atoms with Crippen molar-refractivity contribution < 1.29 is 5.11 Å². The molecule has 1 fully saturated rings. The zero-order valence-corrected chi connectivity index (χ0v) is 12.7. The highest BCUT2D eigenvalue weighted by molar-refractivity contribution is 5.25. The largest absolute Gasteiger partial charge is 0.387 e. The highest BCUT2D eigenvalue weighted by atomic mass is 16.3. The van der Waals surface area contributed by atoms with Crippen molar-refractivity contribution in [2.45, 2.75) is 52.7 Å². The van der Waals surface area contributed by atoms with Gasteiger partial charge in [0.15, 0.2) is 0 Å². The Morgan fingerprint density at radius 3 is 2.37 bits per heavy atom. The summed E-state index contributed by atoms with van der Waals surface area (Å²) in [6.45, 7) is 11.1. The number of nitrogens with zero attached hydrogens (tertiary/aromatic N) is 1. The Morgan fingerprint density at radius 1 is 1.26 bits per heavy atom. The van der Waals surface area contributed by atoms with Gasteiger partial charge in [-0.05, 0) is 42.9 Å². The second-order valence-electron chi connectivity index (χ2n) is 6.67. The molecule has 0 saturated carbocycles. The fourth-order valence-electron chi connectivity index (χ4n) is 2.93. The third kappa shape index (κ3) is 3.37. The Morgan fingerprint density at radius 2 is 1.89 bits per heavy atom. The van der Waals surface area contributed by atoms with Crippen molar-refractivity contribution in [1.29, 1.82) is 0 Å². The molecule has 1 aromatic carbocycles. The molecule has 0 spiro atoms. The van der Waals surface area contributed by atoms with E-state index in [1.807, 2.05) is 0 Å². The fraction of sp³-hybridized carbons (Fsp3) is 0.647. The van der Waals surface area contributed by atoms with Gasteiger partial charge in [0.2, 0.25) is 0 Å². The minimum atomic E-state index is -0.389. The van der Waals surface area contributed by atoms with Gasteiger partial charge in [-0.15, -0.1) is 0 Å². The van der Waals surface area contributed by atoms with E-state index in [2.05, 4.69) is 56.9 Å². The van der Waals surface area contributed by atoms with Gasteiger partial charge in [0.05, 0.1) is 6.10 Å². The quantitative estimate of drug-likeness (QED) is 0.898. The second-order valence-corrected chi connectivity index (χ2v) is 6.67. The molecular weight excluding hydrogens is 234 g/mol. The predicted molar refractivity (Wildman–Crippen MR) is 80.2 cm³/mol. The first kappa shape index (κ1) is 14.5. The van der Waals surface area contributed by atoms with Crippen LogP contribution < -0.4 is 0 Å². The van der Waals surface area contributed by atoms with E-state index in [1.54, 1.807) is 0 Å². The summed E-state index contributed by atoms with van der Waals surface area (Å²) in [5, 5.41) is 10.5. The van der Waals surface area contributed by atoms with Gasteiger partial charge in [0, 0.05) is 12.6 Å². The van der Waals surface area contributed by atoms with Crippen molar-refractivity contribution >= 4 is 0 Å². The lowest BCUT2D eigenvalue weighted by molar-refractivity contribution is 0.0663. The lowest BCUT2D eigenvalue weighted by Gasteiger charge is -2.30. The van der Waals surface area contributed by atoms with Crippen LogP contribution >= 0.6 is 0 Å². The van der Waals surface area contributed by atoms with Crippen LogP contribution in [0.1, 0.15) is 51.3 Å². The maximum atomic E-state index is 10.5. The summed E-state index contributed by atoms with van der Waals surface area (Å²) in [5.41, 5.74) is 2.75. The molecule has 1 saturated heterocycles. The van der Waals surface area contributed by atoms with Gasteiger partial charge >= 0.3 is 0 Å². The van der Waals surface area contributed by atoms with Crippen molar-refractivity contribution in [2.24, 2.45) is 5.41 Å². The third-order valence-electron chi connectivity index (χ3n) is 4.47. The molecule has 1 aliphatic rings. The number of aliphatic hydroxyl groups is 1. The molecule has 19 heavy (non-hydrogen) atoms. The Hall–Kier alpha value is -0.860. The Bertz CT molecular complexity index is 410. The Balaban J connectivity index is 2.04. The standard InChI is InChI=1S/C17H27NO/c1-5-14-6-8-15(9-7-14)16(19)13(2)18-11-10-17(3,4)12-18/h6-9,13,16,19H,5,10-12H2,1-4H3. The highest BCUT2D eigenvalue weighted by Gasteiger charge is 2.34. The molecule has 2 unspecified atom stereocenters. The van der Waals surface area contributed by atoms with Crippen molar-refractivity contribution in [2.75, 3.05) is 13.1 Å². The van der Waals surface area contributed by atoms with Crippen LogP contribution in [0.5, 0.6) is 0 Å². The van der Waals surface area contributed by atoms with Gasteiger partial charge in [0.1, 0.15) is 0 Å². The normalized spacial score (nSPS) is 22.4. The van der Waals surface area contributed by atoms with Gasteiger partial charge < -0.3 is 5.11 Å². The zero-order valence-electron chi connectivity index (χ0n) is 12.7. The van der Waals surface area contributed by atoms with Gasteiger partial charge in [0.25, 0.3) is 0 Å². The van der Waals surface area contributed by atoms with Gasteiger partial charge in [-0.1, -0.05) is 45.0 Å². The molecule has 0 bridgehead atoms. The van der Waals surface area contributed by atoms with Gasteiger partial charge in [-0.3, -0.25) is 4.90 Å². The lowest BCUT2D eigenvalue weighted by atomic mass is 9.93. The molecule has 1 N–H and O–H groups in total. The van der Waals surface area contributed by atoms with Crippen molar-refractivity contribution in [1.82, 2.24) is 4.90 Å². The Labute approximate surface area is 117 Å². The molecule has 1 aromatic rings. The number of hydrogen-bond donors (Lipinski definition) is 1. The maximum Gasteiger partial charge on any atom is 0.0942 e. The SMILES string of the molecule is CCc1ccc(C(O)C(C)N2CCC(C)(C)C2)cc1. The van der Waals surface area contributed by atoms with E-state index in [0.717, 1.165) is 25.1 Å². The smallest absolute Gasteiger partial charge is 0.0942 e. The maximum absolute atomic E-state index is 10.5. The summed E-state index contributed by atoms with van der Waals surface area (Å²) in [4.78, 5) is 2.42. The molecule has 0 aliphatic carbocycles. The topological polar surface area (TPSA) is 23.5 Å². The summed E-state index contributed by atoms with van der Waals surface area (Å²) in [6.07, 6.45) is 1.88. The molecule has 2 nitrogen and oxygen atoms in total. The Kier molecular flexibility index (Phi) is 4.32. The van der Waals surface area contributed by atoms with Crippen molar-refractivity contribution in [3.63, 3.8) is 0 Å². The molecule has 0 radical (unpaired) electrons. The summed E-state index contributed by atoms with van der Waals surface area (Å²) >= 11 is 0. The first-order chi connectivity index (χ1) is 8.93. The van der Waals surface area contributed by atoms with E-state index in [0.29, 0.717) is 5.41 Å². The molecule has 1 heterocycles. The van der Waals surface area contributed by atoms with Crippen LogP contribution in [0, 0.1) is 5.41 Å². The van der Waals surface area contributed by atoms with Crippen molar-refractivity contribution in [3.05, 3.63) is 35.4 Å². The average molecular weight is 261 g/mol. The molecule has 0 amide bonds. The number of hydrogen-bond acceptors (Lipinski definition) is 2.